The molecule has 0 aromatic carbocycles. The SMILES string of the molecule is CNc1cc(-c2cn([C@H]3C[C@@H](O)C3)c3ncccc23)nc2c(C(=O)N[C@@H]3CCC3(F)F)cnn12. The van der Waals surface area contributed by atoms with Gasteiger partial charge in [0.05, 0.1) is 24.0 Å². The number of pyridine rings is 1. The maximum Gasteiger partial charge on any atom is 0.267 e. The Labute approximate surface area is 192 Å². The standard InChI is InChI=1S/C23H23F2N7O2/c1-26-19-9-17(16-11-31(12-7-13(33)8-12)20-14(16)3-2-6-27-20)29-21-15(10-28-32(19)21)22(34)30-18-4-5-23(18,24)25/h2-3,6,9-13,18,26,33H,4-5,7-8H2,1H3,(H,30,34)/t12-,13+,18-/m1/s1. The first kappa shape index (κ1) is 21.0. The van der Waals surface area contributed by atoms with Crippen LogP contribution in [0.25, 0.3) is 27.9 Å². The van der Waals surface area contributed by atoms with Gasteiger partial charge in [-0.15, -0.1) is 0 Å². The van der Waals surface area contributed by atoms with E-state index in [1.54, 1.807) is 13.2 Å². The zero-order chi connectivity index (χ0) is 23.6. The minimum atomic E-state index is -2.89. The van der Waals surface area contributed by atoms with Gasteiger partial charge in [0.25, 0.3) is 11.8 Å². The van der Waals surface area contributed by atoms with Crippen LogP contribution < -0.4 is 10.6 Å². The fourth-order valence-electron chi connectivity index (χ4n) is 4.71. The number of anilines is 1. The molecule has 0 bridgehead atoms. The van der Waals surface area contributed by atoms with Crippen molar-refractivity contribution in [3.63, 3.8) is 0 Å². The minimum Gasteiger partial charge on any atom is -0.393 e. The molecule has 0 unspecified atom stereocenters. The smallest absolute Gasteiger partial charge is 0.267 e. The molecule has 1 atom stereocenters. The maximum absolute atomic E-state index is 13.7. The summed E-state index contributed by atoms with van der Waals surface area (Å²) in [6.07, 6.45) is 6.06. The van der Waals surface area contributed by atoms with Gasteiger partial charge < -0.3 is 20.3 Å². The van der Waals surface area contributed by atoms with Crippen LogP contribution in [0.5, 0.6) is 0 Å². The molecule has 9 nitrogen and oxygen atoms in total. The molecule has 0 saturated heterocycles. The second-order valence-corrected chi connectivity index (χ2v) is 9.00. The predicted octanol–water partition coefficient (Wildman–Crippen LogP) is 3.01. The highest BCUT2D eigenvalue weighted by Gasteiger charge is 2.49. The minimum absolute atomic E-state index is 0.130. The van der Waals surface area contributed by atoms with Gasteiger partial charge in [-0.25, -0.2) is 18.7 Å². The Morgan fingerprint density at radius 1 is 1.29 bits per heavy atom. The summed E-state index contributed by atoms with van der Waals surface area (Å²) in [5, 5.41) is 20.4. The number of halogens is 2. The van der Waals surface area contributed by atoms with E-state index in [-0.39, 0.29) is 36.2 Å². The average molecular weight is 467 g/mol. The second-order valence-electron chi connectivity index (χ2n) is 9.00. The van der Waals surface area contributed by atoms with Crippen molar-refractivity contribution in [2.24, 2.45) is 0 Å². The number of alkyl halides is 2. The summed E-state index contributed by atoms with van der Waals surface area (Å²) in [6, 6.07) is 4.60. The van der Waals surface area contributed by atoms with Crippen molar-refractivity contribution in [3.05, 3.63) is 42.4 Å². The lowest BCUT2D eigenvalue weighted by Gasteiger charge is -2.36. The summed E-state index contributed by atoms with van der Waals surface area (Å²) < 4.78 is 31.0. The van der Waals surface area contributed by atoms with Gasteiger partial charge in [-0.1, -0.05) is 0 Å². The number of nitrogens with zero attached hydrogens (tertiary/aromatic N) is 5. The molecule has 11 heteroatoms. The zero-order valence-electron chi connectivity index (χ0n) is 18.4. The topological polar surface area (TPSA) is 109 Å². The molecule has 0 radical (unpaired) electrons. The Morgan fingerprint density at radius 2 is 2.12 bits per heavy atom. The molecule has 2 saturated carbocycles. The van der Waals surface area contributed by atoms with E-state index in [2.05, 4.69) is 25.3 Å². The van der Waals surface area contributed by atoms with Gasteiger partial charge in [-0.05, 0) is 31.4 Å². The van der Waals surface area contributed by atoms with Gasteiger partial charge in [0.15, 0.2) is 5.65 Å². The number of amides is 1. The van der Waals surface area contributed by atoms with E-state index in [0.29, 0.717) is 24.4 Å². The molecule has 1 amide bonds. The van der Waals surface area contributed by atoms with E-state index in [4.69, 9.17) is 4.98 Å². The number of fused-ring (bicyclic) bond motifs is 2. The van der Waals surface area contributed by atoms with Crippen LogP contribution in [-0.4, -0.2) is 60.3 Å². The summed E-state index contributed by atoms with van der Waals surface area (Å²) in [5.41, 5.74) is 2.61. The van der Waals surface area contributed by atoms with Crippen molar-refractivity contribution < 1.29 is 18.7 Å². The number of hydrogen-bond donors (Lipinski definition) is 3. The van der Waals surface area contributed by atoms with Crippen molar-refractivity contribution in [2.45, 2.75) is 49.8 Å². The second kappa shape index (κ2) is 7.45. The monoisotopic (exact) mass is 467 g/mol. The number of aromatic nitrogens is 5. The Bertz CT molecular complexity index is 1420. The number of carbonyl (C=O) groups is 1. The van der Waals surface area contributed by atoms with Gasteiger partial charge in [-0.2, -0.15) is 9.61 Å². The number of nitrogens with one attached hydrogen (secondary N) is 2. The lowest BCUT2D eigenvalue weighted by molar-refractivity contribution is -0.102. The van der Waals surface area contributed by atoms with Crippen molar-refractivity contribution in [1.82, 2.24) is 29.5 Å². The predicted molar refractivity (Wildman–Crippen MR) is 121 cm³/mol. The fourth-order valence-corrected chi connectivity index (χ4v) is 4.71. The molecule has 2 fully saturated rings. The molecular formula is C23H23F2N7O2. The van der Waals surface area contributed by atoms with Crippen molar-refractivity contribution in [3.8, 4) is 11.3 Å². The first-order chi connectivity index (χ1) is 16.4. The average Bonchev–Trinajstić information content (AvgIpc) is 3.41. The summed E-state index contributed by atoms with van der Waals surface area (Å²) in [7, 11) is 1.73. The number of aliphatic hydroxyl groups excluding tert-OH is 1. The van der Waals surface area contributed by atoms with Crippen LogP contribution >= 0.6 is 0 Å². The third-order valence-corrected chi connectivity index (χ3v) is 6.90. The largest absolute Gasteiger partial charge is 0.393 e. The quantitative estimate of drug-likeness (QED) is 0.416. The molecule has 6 rings (SSSR count). The van der Waals surface area contributed by atoms with E-state index in [0.717, 1.165) is 16.6 Å². The Balaban J connectivity index is 1.45. The Morgan fingerprint density at radius 3 is 2.79 bits per heavy atom. The lowest BCUT2D eigenvalue weighted by Crippen LogP contribution is -2.55. The first-order valence-electron chi connectivity index (χ1n) is 11.2. The van der Waals surface area contributed by atoms with Crippen LogP contribution in [0.3, 0.4) is 0 Å². The lowest BCUT2D eigenvalue weighted by atomic mass is 9.88. The van der Waals surface area contributed by atoms with E-state index < -0.39 is 17.9 Å². The molecule has 2 aliphatic rings. The van der Waals surface area contributed by atoms with Gasteiger partial charge >= 0.3 is 0 Å². The molecule has 4 aromatic heterocycles. The highest BCUT2D eigenvalue weighted by molar-refractivity contribution is 6.01. The van der Waals surface area contributed by atoms with Crippen LogP contribution in [0.4, 0.5) is 14.6 Å². The summed E-state index contributed by atoms with van der Waals surface area (Å²) in [4.78, 5) is 22.1. The third-order valence-electron chi connectivity index (χ3n) is 6.90. The van der Waals surface area contributed by atoms with Gasteiger partial charge in [-0.3, -0.25) is 4.79 Å². The molecule has 3 N–H and O–H groups in total. The molecule has 4 aromatic rings. The first-order valence-corrected chi connectivity index (χ1v) is 11.2. The zero-order valence-corrected chi connectivity index (χ0v) is 18.4. The van der Waals surface area contributed by atoms with Gasteiger partial charge in [0, 0.05) is 48.9 Å². The molecule has 0 aliphatic heterocycles. The number of carbonyl (C=O) groups excluding carboxylic acids is 1. The van der Waals surface area contributed by atoms with Gasteiger partial charge in [0.2, 0.25) is 0 Å². The highest BCUT2D eigenvalue weighted by atomic mass is 19.3. The normalized spacial score (nSPS) is 23.5. The summed E-state index contributed by atoms with van der Waals surface area (Å²) in [5.74, 6) is -2.92. The van der Waals surface area contributed by atoms with Crippen LogP contribution in [0.2, 0.25) is 0 Å². The van der Waals surface area contributed by atoms with E-state index in [1.165, 1.54) is 10.7 Å². The fraction of sp³-hybridized carbons (Fsp3) is 0.391. The Kier molecular flexibility index (Phi) is 4.60. The molecule has 4 heterocycles. The Hall–Kier alpha value is -3.60. The van der Waals surface area contributed by atoms with Crippen LogP contribution in [-0.2, 0) is 0 Å². The van der Waals surface area contributed by atoms with Gasteiger partial charge in [0.1, 0.15) is 17.0 Å². The molecule has 0 spiro atoms. The number of hydrogen-bond acceptors (Lipinski definition) is 6. The van der Waals surface area contributed by atoms with E-state index in [1.807, 2.05) is 24.4 Å². The molecule has 34 heavy (non-hydrogen) atoms. The molecular weight excluding hydrogens is 444 g/mol. The maximum atomic E-state index is 13.7. The highest BCUT2D eigenvalue weighted by Crippen LogP contribution is 2.39. The van der Waals surface area contributed by atoms with Crippen LogP contribution in [0.15, 0.2) is 36.8 Å². The van der Waals surface area contributed by atoms with E-state index >= 15 is 0 Å². The van der Waals surface area contributed by atoms with E-state index in [9.17, 15) is 18.7 Å². The van der Waals surface area contributed by atoms with Crippen molar-refractivity contribution in [1.29, 1.82) is 0 Å². The van der Waals surface area contributed by atoms with Crippen molar-refractivity contribution >= 4 is 28.4 Å². The summed E-state index contributed by atoms with van der Waals surface area (Å²) >= 11 is 0. The van der Waals surface area contributed by atoms with Crippen LogP contribution in [0.1, 0.15) is 42.1 Å². The van der Waals surface area contributed by atoms with Crippen molar-refractivity contribution in [2.75, 3.05) is 12.4 Å². The number of rotatable bonds is 5. The third kappa shape index (κ3) is 3.14. The van der Waals surface area contributed by atoms with Crippen LogP contribution in [0, 0.1) is 0 Å². The summed E-state index contributed by atoms with van der Waals surface area (Å²) in [6.45, 7) is 0. The number of aliphatic hydroxyl groups is 1. The molecule has 176 valence electrons. The molecule has 2 aliphatic carbocycles.